The third kappa shape index (κ3) is 2.13. The summed E-state index contributed by atoms with van der Waals surface area (Å²) in [6.07, 6.45) is 4.48. The Morgan fingerprint density at radius 3 is 2.69 bits per heavy atom. The second-order valence-corrected chi connectivity index (χ2v) is 4.03. The molecular formula is C11H15N3O2. The van der Waals surface area contributed by atoms with E-state index < -0.39 is 5.97 Å². The van der Waals surface area contributed by atoms with Gasteiger partial charge in [-0.25, -0.2) is 14.8 Å². The minimum atomic E-state index is -1.00. The maximum absolute atomic E-state index is 10.9. The van der Waals surface area contributed by atoms with Crippen molar-refractivity contribution in [2.75, 3.05) is 12.4 Å². The Balaban J connectivity index is 2.35. The van der Waals surface area contributed by atoms with Gasteiger partial charge in [0, 0.05) is 19.0 Å². The van der Waals surface area contributed by atoms with Gasteiger partial charge in [-0.15, -0.1) is 0 Å². The van der Waals surface area contributed by atoms with Crippen LogP contribution in [0.1, 0.15) is 47.9 Å². The van der Waals surface area contributed by atoms with Crippen LogP contribution >= 0.6 is 0 Å². The Morgan fingerprint density at radius 2 is 2.12 bits per heavy atom. The molecule has 0 unspecified atom stereocenters. The standard InChI is InChI=1S/C11H15N3O2/c1-12-9-6-8(11(15)16)13-10(14-9)7-4-2-3-5-7/h6-7H,2-5H2,1H3,(H,15,16)(H,12,13,14). The lowest BCUT2D eigenvalue weighted by Crippen LogP contribution is -2.10. The number of nitrogens with one attached hydrogen (secondary N) is 1. The molecule has 0 aromatic carbocycles. The molecule has 1 aromatic rings. The zero-order valence-corrected chi connectivity index (χ0v) is 9.23. The van der Waals surface area contributed by atoms with E-state index in [1.54, 1.807) is 7.05 Å². The molecule has 5 heteroatoms. The normalized spacial score (nSPS) is 16.3. The Kier molecular flexibility index (Phi) is 3.03. The van der Waals surface area contributed by atoms with Crippen molar-refractivity contribution < 1.29 is 9.90 Å². The first kappa shape index (κ1) is 10.9. The van der Waals surface area contributed by atoms with Gasteiger partial charge in [0.05, 0.1) is 0 Å². The van der Waals surface area contributed by atoms with Crippen molar-refractivity contribution >= 4 is 11.8 Å². The van der Waals surface area contributed by atoms with E-state index in [9.17, 15) is 4.79 Å². The maximum Gasteiger partial charge on any atom is 0.354 e. The van der Waals surface area contributed by atoms with Gasteiger partial charge in [-0.2, -0.15) is 0 Å². The van der Waals surface area contributed by atoms with Crippen LogP contribution in [0.2, 0.25) is 0 Å². The number of carbonyl (C=O) groups is 1. The first-order chi connectivity index (χ1) is 7.70. The van der Waals surface area contributed by atoms with Crippen molar-refractivity contribution in [2.24, 2.45) is 0 Å². The topological polar surface area (TPSA) is 75.1 Å². The van der Waals surface area contributed by atoms with Crippen molar-refractivity contribution in [1.29, 1.82) is 0 Å². The van der Waals surface area contributed by atoms with Crippen molar-refractivity contribution in [3.8, 4) is 0 Å². The number of hydrogen-bond acceptors (Lipinski definition) is 4. The summed E-state index contributed by atoms with van der Waals surface area (Å²) in [7, 11) is 1.73. The molecule has 1 aliphatic carbocycles. The maximum atomic E-state index is 10.9. The lowest BCUT2D eigenvalue weighted by molar-refractivity contribution is 0.0690. The molecule has 0 radical (unpaired) electrons. The Bertz CT molecular complexity index is 400. The van der Waals surface area contributed by atoms with Crippen LogP contribution in [0.15, 0.2) is 6.07 Å². The molecule has 0 saturated heterocycles. The Morgan fingerprint density at radius 1 is 1.44 bits per heavy atom. The van der Waals surface area contributed by atoms with E-state index in [0.29, 0.717) is 17.6 Å². The van der Waals surface area contributed by atoms with Gasteiger partial charge < -0.3 is 10.4 Å². The Labute approximate surface area is 93.9 Å². The third-order valence-corrected chi connectivity index (χ3v) is 2.94. The Hall–Kier alpha value is -1.65. The molecule has 0 aliphatic heterocycles. The minimum absolute atomic E-state index is 0.0706. The fourth-order valence-electron chi connectivity index (χ4n) is 2.07. The summed E-state index contributed by atoms with van der Waals surface area (Å²) in [6, 6.07) is 1.46. The number of aromatic nitrogens is 2. The van der Waals surface area contributed by atoms with E-state index in [0.717, 1.165) is 12.8 Å². The first-order valence-corrected chi connectivity index (χ1v) is 5.50. The second kappa shape index (κ2) is 4.47. The van der Waals surface area contributed by atoms with Crippen molar-refractivity contribution in [1.82, 2.24) is 9.97 Å². The minimum Gasteiger partial charge on any atom is -0.477 e. The number of hydrogen-bond donors (Lipinski definition) is 2. The summed E-state index contributed by atoms with van der Waals surface area (Å²) in [6.45, 7) is 0. The van der Waals surface area contributed by atoms with Crippen LogP contribution in [0.4, 0.5) is 5.82 Å². The van der Waals surface area contributed by atoms with Gasteiger partial charge in [0.15, 0.2) is 5.69 Å². The van der Waals surface area contributed by atoms with E-state index in [1.165, 1.54) is 18.9 Å². The monoisotopic (exact) mass is 221 g/mol. The summed E-state index contributed by atoms with van der Waals surface area (Å²) in [5, 5.41) is 11.8. The lowest BCUT2D eigenvalue weighted by atomic mass is 10.1. The van der Waals surface area contributed by atoms with Crippen LogP contribution in [0.25, 0.3) is 0 Å². The highest BCUT2D eigenvalue weighted by Crippen LogP contribution is 2.32. The molecular weight excluding hydrogens is 206 g/mol. The lowest BCUT2D eigenvalue weighted by Gasteiger charge is -2.10. The fourth-order valence-corrected chi connectivity index (χ4v) is 2.07. The third-order valence-electron chi connectivity index (χ3n) is 2.94. The average Bonchev–Trinajstić information content (AvgIpc) is 2.81. The molecule has 16 heavy (non-hydrogen) atoms. The molecule has 0 bridgehead atoms. The molecule has 86 valence electrons. The number of carboxylic acid groups (broad SMARTS) is 1. The van der Waals surface area contributed by atoms with E-state index in [-0.39, 0.29) is 5.69 Å². The average molecular weight is 221 g/mol. The highest BCUT2D eigenvalue weighted by atomic mass is 16.4. The predicted octanol–water partition coefficient (Wildman–Crippen LogP) is 1.87. The molecule has 2 N–H and O–H groups in total. The van der Waals surface area contributed by atoms with E-state index in [4.69, 9.17) is 5.11 Å². The number of carboxylic acids is 1. The van der Waals surface area contributed by atoms with Gasteiger partial charge in [0.1, 0.15) is 11.6 Å². The van der Waals surface area contributed by atoms with Gasteiger partial charge in [-0.1, -0.05) is 12.8 Å². The quantitative estimate of drug-likeness (QED) is 0.815. The van der Waals surface area contributed by atoms with Gasteiger partial charge in [-0.3, -0.25) is 0 Å². The van der Waals surface area contributed by atoms with Gasteiger partial charge in [0.2, 0.25) is 0 Å². The zero-order valence-electron chi connectivity index (χ0n) is 9.23. The van der Waals surface area contributed by atoms with Crippen molar-refractivity contribution in [2.45, 2.75) is 31.6 Å². The molecule has 1 heterocycles. The second-order valence-electron chi connectivity index (χ2n) is 4.03. The van der Waals surface area contributed by atoms with Crippen molar-refractivity contribution in [3.05, 3.63) is 17.6 Å². The van der Waals surface area contributed by atoms with Crippen LogP contribution in [0, 0.1) is 0 Å². The van der Waals surface area contributed by atoms with Crippen LogP contribution in [0.3, 0.4) is 0 Å². The summed E-state index contributed by atoms with van der Waals surface area (Å²) < 4.78 is 0. The fraction of sp³-hybridized carbons (Fsp3) is 0.545. The van der Waals surface area contributed by atoms with Crippen LogP contribution in [-0.2, 0) is 0 Å². The molecule has 1 aliphatic rings. The van der Waals surface area contributed by atoms with Crippen LogP contribution in [-0.4, -0.2) is 28.1 Å². The summed E-state index contributed by atoms with van der Waals surface area (Å²) in [4.78, 5) is 19.4. The number of rotatable bonds is 3. The highest BCUT2D eigenvalue weighted by Gasteiger charge is 2.21. The molecule has 2 rings (SSSR count). The van der Waals surface area contributed by atoms with E-state index in [1.807, 2.05) is 0 Å². The molecule has 0 atom stereocenters. The SMILES string of the molecule is CNc1cc(C(=O)O)nc(C2CCCC2)n1. The number of anilines is 1. The van der Waals surface area contributed by atoms with Crippen molar-refractivity contribution in [3.63, 3.8) is 0 Å². The number of nitrogens with zero attached hydrogens (tertiary/aromatic N) is 2. The summed E-state index contributed by atoms with van der Waals surface area (Å²) >= 11 is 0. The van der Waals surface area contributed by atoms with E-state index >= 15 is 0 Å². The largest absolute Gasteiger partial charge is 0.477 e. The smallest absolute Gasteiger partial charge is 0.354 e. The summed E-state index contributed by atoms with van der Waals surface area (Å²) in [5.41, 5.74) is 0.0706. The molecule has 0 amide bonds. The van der Waals surface area contributed by atoms with Gasteiger partial charge in [0.25, 0.3) is 0 Å². The zero-order chi connectivity index (χ0) is 11.5. The van der Waals surface area contributed by atoms with Gasteiger partial charge in [-0.05, 0) is 12.8 Å². The first-order valence-electron chi connectivity index (χ1n) is 5.50. The number of aromatic carboxylic acids is 1. The van der Waals surface area contributed by atoms with Crippen LogP contribution in [0.5, 0.6) is 0 Å². The molecule has 5 nitrogen and oxygen atoms in total. The molecule has 0 spiro atoms. The van der Waals surface area contributed by atoms with Crippen LogP contribution < -0.4 is 5.32 Å². The molecule has 1 saturated carbocycles. The van der Waals surface area contributed by atoms with E-state index in [2.05, 4.69) is 15.3 Å². The molecule has 1 fully saturated rings. The predicted molar refractivity (Wildman–Crippen MR) is 59.7 cm³/mol. The summed E-state index contributed by atoms with van der Waals surface area (Å²) in [5.74, 6) is 0.570. The molecule has 1 aromatic heterocycles. The van der Waals surface area contributed by atoms with Gasteiger partial charge >= 0.3 is 5.97 Å². The highest BCUT2D eigenvalue weighted by molar-refractivity contribution is 5.86.